The molecule has 0 bridgehead atoms. The maximum absolute atomic E-state index is 12.7. The molecule has 2 N–H and O–H groups in total. The largest absolute Gasteiger partial charge is 0.463 e. The Morgan fingerprint density at radius 3 is 2.91 bits per heavy atom. The van der Waals surface area contributed by atoms with Crippen LogP contribution in [0.1, 0.15) is 48.1 Å². The molecule has 0 aromatic carbocycles. The lowest BCUT2D eigenvalue weighted by molar-refractivity contribution is 0.0909. The third-order valence-corrected chi connectivity index (χ3v) is 6.91. The zero-order valence-corrected chi connectivity index (χ0v) is 19.7. The molecule has 1 aliphatic heterocycles. The number of carbonyl (C=O) groups excluding carboxylic acids is 1. The lowest BCUT2D eigenvalue weighted by Crippen LogP contribution is -2.38. The molecule has 2 aromatic rings. The third-order valence-electron chi connectivity index (χ3n) is 6.91. The van der Waals surface area contributed by atoms with Crippen molar-refractivity contribution in [2.24, 2.45) is 17.8 Å². The van der Waals surface area contributed by atoms with E-state index in [4.69, 9.17) is 10.00 Å². The van der Waals surface area contributed by atoms with Gasteiger partial charge in [0.1, 0.15) is 0 Å². The number of pyridine rings is 1. The van der Waals surface area contributed by atoms with E-state index in [9.17, 15) is 9.90 Å². The molecule has 3 aliphatic rings. The number of ether oxygens (including phenoxy) is 1. The summed E-state index contributed by atoms with van der Waals surface area (Å²) in [5.41, 5.74) is 3.78. The molecule has 1 amide bonds. The van der Waals surface area contributed by atoms with Crippen molar-refractivity contribution < 1.29 is 14.6 Å². The number of hydrogen-bond donors (Lipinski definition) is 2. The van der Waals surface area contributed by atoms with E-state index in [1.807, 2.05) is 12.3 Å². The van der Waals surface area contributed by atoms with Crippen molar-refractivity contribution in [1.82, 2.24) is 25.3 Å². The highest BCUT2D eigenvalue weighted by atomic mass is 16.5. The molecule has 10 nitrogen and oxygen atoms in total. The van der Waals surface area contributed by atoms with E-state index in [-0.39, 0.29) is 30.3 Å². The Bertz CT molecular complexity index is 1170. The summed E-state index contributed by atoms with van der Waals surface area (Å²) in [6.07, 6.45) is 7.71. The molecule has 35 heavy (non-hydrogen) atoms. The first-order valence-corrected chi connectivity index (χ1v) is 12.1. The molecule has 5 rings (SSSR count). The first-order chi connectivity index (χ1) is 17.1. The van der Waals surface area contributed by atoms with E-state index in [1.54, 1.807) is 6.92 Å². The van der Waals surface area contributed by atoms with E-state index in [2.05, 4.69) is 48.4 Å². The van der Waals surface area contributed by atoms with Crippen molar-refractivity contribution in [1.29, 1.82) is 5.26 Å². The van der Waals surface area contributed by atoms with Crippen LogP contribution < -0.4 is 15.0 Å². The predicted octanol–water partition coefficient (Wildman–Crippen LogP) is 1.77. The minimum atomic E-state index is -0.489. The molecule has 1 saturated carbocycles. The number of rotatable bonds is 8. The van der Waals surface area contributed by atoms with Gasteiger partial charge in [0, 0.05) is 37.7 Å². The van der Waals surface area contributed by atoms with E-state index < -0.39 is 11.9 Å². The number of carbonyl (C=O) groups is 1. The summed E-state index contributed by atoms with van der Waals surface area (Å²) in [6, 6.07) is 6.04. The summed E-state index contributed by atoms with van der Waals surface area (Å²) in [7, 11) is 0. The van der Waals surface area contributed by atoms with Gasteiger partial charge in [0.25, 0.3) is 5.91 Å². The van der Waals surface area contributed by atoms with Crippen molar-refractivity contribution >= 4 is 17.4 Å². The van der Waals surface area contributed by atoms with Gasteiger partial charge in [-0.15, -0.1) is 0 Å². The van der Waals surface area contributed by atoms with E-state index in [0.717, 1.165) is 44.5 Å². The van der Waals surface area contributed by atoms with Crippen molar-refractivity contribution in [2.45, 2.75) is 38.6 Å². The van der Waals surface area contributed by atoms with Gasteiger partial charge in [-0.05, 0) is 49.3 Å². The first kappa shape index (κ1) is 23.2. The number of amides is 1. The van der Waals surface area contributed by atoms with Gasteiger partial charge in [0.15, 0.2) is 0 Å². The van der Waals surface area contributed by atoms with Crippen LogP contribution in [0.4, 0.5) is 5.95 Å². The molecule has 3 atom stereocenters. The van der Waals surface area contributed by atoms with Gasteiger partial charge in [0.05, 0.1) is 30.9 Å². The van der Waals surface area contributed by atoms with Gasteiger partial charge in [-0.25, -0.2) is 0 Å². The van der Waals surface area contributed by atoms with Crippen LogP contribution in [0.25, 0.3) is 5.57 Å². The summed E-state index contributed by atoms with van der Waals surface area (Å²) in [5, 5.41) is 21.0. The molecule has 0 radical (unpaired) electrons. The lowest BCUT2D eigenvalue weighted by atomic mass is 9.87. The highest BCUT2D eigenvalue weighted by Crippen LogP contribution is 2.38. The molecule has 1 saturated heterocycles. The van der Waals surface area contributed by atoms with Gasteiger partial charge in [-0.3, -0.25) is 9.78 Å². The van der Waals surface area contributed by atoms with Gasteiger partial charge in [-0.1, -0.05) is 12.1 Å². The maximum atomic E-state index is 12.7. The Balaban J connectivity index is 1.30. The number of anilines is 1. The summed E-state index contributed by atoms with van der Waals surface area (Å²) < 4.78 is 5.77. The molecule has 0 unspecified atom stereocenters. The standard InChI is InChI=1S/C25H29N7O3/c1-15(13-33)28-23(34)22-29-24(31-25(30-22)35-14-18-11-17(18)12-26)32-9-6-16(7-10-32)19-4-5-21-20(19)3-2-8-27-21/h2-4,8,15-18,33H,5-7,9-11,13-14H2,1H3,(H,28,34)/t15-,17+,18-/m1/s1. The van der Waals surface area contributed by atoms with Crippen LogP contribution in [0.3, 0.4) is 0 Å². The summed E-state index contributed by atoms with van der Waals surface area (Å²) in [6.45, 7) is 3.33. The number of aromatic nitrogens is 4. The second-order valence-electron chi connectivity index (χ2n) is 9.46. The average Bonchev–Trinajstić information content (AvgIpc) is 3.54. The fourth-order valence-electron chi connectivity index (χ4n) is 4.72. The van der Waals surface area contributed by atoms with E-state index in [0.29, 0.717) is 18.5 Å². The van der Waals surface area contributed by atoms with Crippen LogP contribution in [0.15, 0.2) is 24.4 Å². The monoisotopic (exact) mass is 475 g/mol. The zero-order chi connectivity index (χ0) is 24.4. The zero-order valence-electron chi connectivity index (χ0n) is 19.7. The van der Waals surface area contributed by atoms with Crippen molar-refractivity contribution in [3.63, 3.8) is 0 Å². The predicted molar refractivity (Wildman–Crippen MR) is 127 cm³/mol. The summed E-state index contributed by atoms with van der Waals surface area (Å²) in [4.78, 5) is 32.4. The second-order valence-corrected chi connectivity index (χ2v) is 9.46. The fraction of sp³-hybridized carbons (Fsp3) is 0.520. The van der Waals surface area contributed by atoms with Crippen molar-refractivity contribution in [3.05, 3.63) is 41.5 Å². The number of piperidine rings is 1. The number of hydrogen-bond acceptors (Lipinski definition) is 9. The highest BCUT2D eigenvalue weighted by Gasteiger charge is 2.38. The Morgan fingerprint density at radius 2 is 2.17 bits per heavy atom. The van der Waals surface area contributed by atoms with Crippen LogP contribution in [0.2, 0.25) is 0 Å². The van der Waals surface area contributed by atoms with E-state index >= 15 is 0 Å². The normalized spacial score (nSPS) is 22.1. The Hall–Kier alpha value is -3.58. The molecule has 10 heteroatoms. The SMILES string of the molecule is C[C@H](CO)NC(=O)c1nc(OC[C@H]2C[C@H]2C#N)nc(N2CCC(C3=CCc4ncccc43)CC2)n1. The molecule has 3 heterocycles. The lowest BCUT2D eigenvalue weighted by Gasteiger charge is -2.33. The number of allylic oxidation sites excluding steroid dienone is 2. The number of nitrogens with one attached hydrogen (secondary N) is 1. The number of aliphatic hydroxyl groups excluding tert-OH is 1. The molecular formula is C25H29N7O3. The smallest absolute Gasteiger partial charge is 0.321 e. The second kappa shape index (κ2) is 9.96. The van der Waals surface area contributed by atoms with Crippen LogP contribution in [-0.4, -0.2) is 63.3 Å². The summed E-state index contributed by atoms with van der Waals surface area (Å²) >= 11 is 0. The van der Waals surface area contributed by atoms with Crippen LogP contribution >= 0.6 is 0 Å². The van der Waals surface area contributed by atoms with Gasteiger partial charge >= 0.3 is 6.01 Å². The number of fused-ring (bicyclic) bond motifs is 1. The Morgan fingerprint density at radius 1 is 1.34 bits per heavy atom. The van der Waals surface area contributed by atoms with Gasteiger partial charge < -0.3 is 20.1 Å². The highest BCUT2D eigenvalue weighted by molar-refractivity contribution is 5.91. The maximum Gasteiger partial charge on any atom is 0.321 e. The number of nitrogens with zero attached hydrogens (tertiary/aromatic N) is 6. The fourth-order valence-corrected chi connectivity index (χ4v) is 4.72. The van der Waals surface area contributed by atoms with Crippen molar-refractivity contribution in [2.75, 3.05) is 31.2 Å². The molecule has 2 fully saturated rings. The topological polar surface area (TPSA) is 137 Å². The minimum absolute atomic E-state index is 0.00808. The molecule has 0 spiro atoms. The number of nitriles is 1. The Labute approximate surface area is 204 Å². The summed E-state index contributed by atoms with van der Waals surface area (Å²) in [5.74, 6) is 0.494. The van der Waals surface area contributed by atoms with Crippen molar-refractivity contribution in [3.8, 4) is 12.1 Å². The van der Waals surface area contributed by atoms with Crippen LogP contribution in [0.5, 0.6) is 6.01 Å². The molecular weight excluding hydrogens is 446 g/mol. The van der Waals surface area contributed by atoms with Gasteiger partial charge in [0.2, 0.25) is 11.8 Å². The molecule has 2 aromatic heterocycles. The Kier molecular flexibility index (Phi) is 6.59. The minimum Gasteiger partial charge on any atom is -0.463 e. The average molecular weight is 476 g/mol. The van der Waals surface area contributed by atoms with Gasteiger partial charge in [-0.2, -0.15) is 20.2 Å². The first-order valence-electron chi connectivity index (χ1n) is 12.1. The number of aliphatic hydroxyl groups is 1. The van der Waals surface area contributed by atoms with Crippen LogP contribution in [0, 0.1) is 29.1 Å². The molecule has 182 valence electrons. The molecule has 2 aliphatic carbocycles. The third kappa shape index (κ3) is 5.10. The quantitative estimate of drug-likeness (QED) is 0.585. The van der Waals surface area contributed by atoms with Crippen LogP contribution in [-0.2, 0) is 6.42 Å². The van der Waals surface area contributed by atoms with E-state index in [1.165, 1.54) is 11.1 Å².